The minimum atomic E-state index is -0.400. The third-order valence-electron chi connectivity index (χ3n) is 8.24. The van der Waals surface area contributed by atoms with E-state index in [-0.39, 0.29) is 5.91 Å². The van der Waals surface area contributed by atoms with E-state index in [2.05, 4.69) is 16.8 Å². The number of pyridine rings is 1. The summed E-state index contributed by atoms with van der Waals surface area (Å²) in [4.78, 5) is 21.5. The van der Waals surface area contributed by atoms with Crippen molar-refractivity contribution < 1.29 is 14.6 Å². The van der Waals surface area contributed by atoms with Gasteiger partial charge in [0.25, 0.3) is 5.91 Å². The SMILES string of the molecule is CC1(CN2CCC(COc3ccc(-c4ccc(C(=O)N5CC[C@H](O)C5)cc4)cn3)CC2)CCCC1. The Morgan fingerprint density at radius 3 is 2.37 bits per heavy atom. The maximum absolute atomic E-state index is 12.6. The topological polar surface area (TPSA) is 65.9 Å². The molecule has 1 aromatic heterocycles. The number of carbonyl (C=O) groups excluding carboxylic acids is 1. The maximum atomic E-state index is 12.6. The summed E-state index contributed by atoms with van der Waals surface area (Å²) in [7, 11) is 0. The molecule has 1 saturated carbocycles. The number of piperidine rings is 1. The van der Waals surface area contributed by atoms with Crippen molar-refractivity contribution in [1.29, 1.82) is 0 Å². The van der Waals surface area contributed by atoms with Gasteiger partial charge in [0, 0.05) is 43.0 Å². The summed E-state index contributed by atoms with van der Waals surface area (Å²) in [5.41, 5.74) is 3.22. The molecule has 1 N–H and O–H groups in total. The molecule has 1 amide bonds. The fraction of sp³-hybridized carbons (Fsp3) is 0.586. The van der Waals surface area contributed by atoms with Gasteiger partial charge in [-0.1, -0.05) is 31.9 Å². The molecule has 0 unspecified atom stereocenters. The third kappa shape index (κ3) is 6.04. The summed E-state index contributed by atoms with van der Waals surface area (Å²) in [6, 6.07) is 11.6. The van der Waals surface area contributed by atoms with Crippen LogP contribution in [-0.2, 0) is 0 Å². The normalized spacial score (nSPS) is 23.0. The predicted molar refractivity (Wildman–Crippen MR) is 137 cm³/mol. The molecule has 0 spiro atoms. The lowest BCUT2D eigenvalue weighted by Crippen LogP contribution is -2.41. The van der Waals surface area contributed by atoms with Gasteiger partial charge in [0.15, 0.2) is 0 Å². The lowest BCUT2D eigenvalue weighted by atomic mass is 9.87. The molecule has 2 aromatic rings. The van der Waals surface area contributed by atoms with Crippen LogP contribution in [0.1, 0.15) is 62.2 Å². The lowest BCUT2D eigenvalue weighted by molar-refractivity contribution is 0.0765. The van der Waals surface area contributed by atoms with Crippen LogP contribution in [0.3, 0.4) is 0 Å². The Bertz CT molecular complexity index is 977. The highest BCUT2D eigenvalue weighted by Crippen LogP contribution is 2.38. The number of aromatic nitrogens is 1. The third-order valence-corrected chi connectivity index (χ3v) is 8.24. The summed E-state index contributed by atoms with van der Waals surface area (Å²) in [6.07, 6.45) is 10.1. The Kier molecular flexibility index (Phi) is 7.40. The van der Waals surface area contributed by atoms with Crippen molar-refractivity contribution in [3.63, 3.8) is 0 Å². The Balaban J connectivity index is 1.08. The van der Waals surface area contributed by atoms with Gasteiger partial charge in [0.1, 0.15) is 0 Å². The van der Waals surface area contributed by atoms with Gasteiger partial charge in [-0.25, -0.2) is 4.98 Å². The monoisotopic (exact) mass is 477 g/mol. The van der Waals surface area contributed by atoms with Crippen molar-refractivity contribution in [1.82, 2.24) is 14.8 Å². The minimum absolute atomic E-state index is 0.0199. The van der Waals surface area contributed by atoms with Gasteiger partial charge in [-0.3, -0.25) is 4.79 Å². The molecule has 188 valence electrons. The first-order chi connectivity index (χ1) is 17.0. The van der Waals surface area contributed by atoms with Crippen LogP contribution in [0.4, 0.5) is 0 Å². The van der Waals surface area contributed by atoms with Crippen LogP contribution >= 0.6 is 0 Å². The van der Waals surface area contributed by atoms with Crippen molar-refractivity contribution in [2.75, 3.05) is 39.3 Å². The second-order valence-electron chi connectivity index (χ2n) is 11.2. The van der Waals surface area contributed by atoms with Gasteiger partial charge < -0.3 is 19.6 Å². The highest BCUT2D eigenvalue weighted by molar-refractivity contribution is 5.94. The molecule has 3 aliphatic rings. The van der Waals surface area contributed by atoms with Crippen LogP contribution in [0.25, 0.3) is 11.1 Å². The summed E-state index contributed by atoms with van der Waals surface area (Å²) < 4.78 is 6.04. The highest BCUT2D eigenvalue weighted by atomic mass is 16.5. The smallest absolute Gasteiger partial charge is 0.253 e. The van der Waals surface area contributed by atoms with Crippen LogP contribution in [0, 0.1) is 11.3 Å². The second-order valence-corrected chi connectivity index (χ2v) is 11.2. The molecular weight excluding hydrogens is 438 g/mol. The standard InChI is InChI=1S/C29H39N3O3/c1-29(13-2-3-14-29)21-31-15-10-22(11-16-31)20-35-27-9-8-25(18-30-27)23-4-6-24(7-5-23)28(34)32-17-12-26(33)19-32/h4-9,18,22,26,33H,2-3,10-17,19-21H2,1H3/t26-/m0/s1. The minimum Gasteiger partial charge on any atom is -0.477 e. The van der Waals surface area contributed by atoms with Crippen molar-refractivity contribution in [2.24, 2.45) is 11.3 Å². The van der Waals surface area contributed by atoms with Gasteiger partial charge in [-0.05, 0) is 80.3 Å². The summed E-state index contributed by atoms with van der Waals surface area (Å²) in [5, 5.41) is 9.68. The van der Waals surface area contributed by atoms with Crippen LogP contribution in [0.15, 0.2) is 42.6 Å². The van der Waals surface area contributed by atoms with E-state index < -0.39 is 6.10 Å². The zero-order valence-electron chi connectivity index (χ0n) is 21.0. The first kappa shape index (κ1) is 24.3. The fourth-order valence-corrected chi connectivity index (χ4v) is 5.99. The summed E-state index contributed by atoms with van der Waals surface area (Å²) in [5.74, 6) is 1.26. The first-order valence-corrected chi connectivity index (χ1v) is 13.4. The van der Waals surface area contributed by atoms with Gasteiger partial charge in [0.05, 0.1) is 12.7 Å². The molecule has 0 bridgehead atoms. The number of nitrogens with zero attached hydrogens (tertiary/aromatic N) is 3. The number of rotatable bonds is 7. The number of aliphatic hydroxyl groups is 1. The van der Waals surface area contributed by atoms with Crippen LogP contribution < -0.4 is 4.74 Å². The molecule has 6 heteroatoms. The van der Waals surface area contributed by atoms with E-state index in [0.717, 1.165) is 17.7 Å². The number of likely N-dealkylation sites (tertiary alicyclic amines) is 2. The van der Waals surface area contributed by atoms with E-state index in [1.54, 1.807) is 4.90 Å². The van der Waals surface area contributed by atoms with Gasteiger partial charge in [-0.2, -0.15) is 0 Å². The molecule has 5 rings (SSSR count). The highest BCUT2D eigenvalue weighted by Gasteiger charge is 2.32. The zero-order chi connectivity index (χ0) is 24.3. The molecule has 1 aromatic carbocycles. The second kappa shape index (κ2) is 10.7. The van der Waals surface area contributed by atoms with E-state index in [1.165, 1.54) is 58.2 Å². The lowest BCUT2D eigenvalue weighted by Gasteiger charge is -2.37. The molecule has 6 nitrogen and oxygen atoms in total. The molecule has 1 aliphatic carbocycles. The Morgan fingerprint density at radius 1 is 1.03 bits per heavy atom. The molecule has 3 heterocycles. The molecule has 3 fully saturated rings. The number of aliphatic hydroxyl groups excluding tert-OH is 1. The Morgan fingerprint density at radius 2 is 1.74 bits per heavy atom. The molecule has 35 heavy (non-hydrogen) atoms. The van der Waals surface area contributed by atoms with Crippen LogP contribution in [0.2, 0.25) is 0 Å². The summed E-state index contributed by atoms with van der Waals surface area (Å²) in [6.45, 7) is 7.88. The number of benzene rings is 1. The fourth-order valence-electron chi connectivity index (χ4n) is 5.99. The number of ether oxygens (including phenoxy) is 1. The quantitative estimate of drug-likeness (QED) is 0.630. The number of β-amino-alcohol motifs (C(OH)–C–C–N with tert-alkyl or cyclic N) is 1. The largest absolute Gasteiger partial charge is 0.477 e. The number of carbonyl (C=O) groups is 1. The van der Waals surface area contributed by atoms with E-state index in [9.17, 15) is 9.90 Å². The predicted octanol–water partition coefficient (Wildman–Crippen LogP) is 4.63. The maximum Gasteiger partial charge on any atom is 0.253 e. The molecule has 0 radical (unpaired) electrons. The van der Waals surface area contributed by atoms with E-state index in [4.69, 9.17) is 4.74 Å². The van der Waals surface area contributed by atoms with E-state index in [0.29, 0.717) is 42.3 Å². The van der Waals surface area contributed by atoms with Gasteiger partial charge in [-0.15, -0.1) is 0 Å². The molecule has 2 saturated heterocycles. The number of hydrogen-bond donors (Lipinski definition) is 1. The summed E-state index contributed by atoms with van der Waals surface area (Å²) >= 11 is 0. The van der Waals surface area contributed by atoms with Crippen molar-refractivity contribution in [3.05, 3.63) is 48.2 Å². The molecule has 2 aliphatic heterocycles. The van der Waals surface area contributed by atoms with Gasteiger partial charge in [0.2, 0.25) is 5.88 Å². The van der Waals surface area contributed by atoms with Gasteiger partial charge >= 0.3 is 0 Å². The number of hydrogen-bond acceptors (Lipinski definition) is 5. The van der Waals surface area contributed by atoms with Crippen molar-refractivity contribution >= 4 is 5.91 Å². The molecular formula is C29H39N3O3. The first-order valence-electron chi connectivity index (χ1n) is 13.4. The van der Waals surface area contributed by atoms with E-state index >= 15 is 0 Å². The van der Waals surface area contributed by atoms with Crippen molar-refractivity contribution in [2.45, 2.75) is 58.0 Å². The van der Waals surface area contributed by atoms with Crippen molar-refractivity contribution in [3.8, 4) is 17.0 Å². The number of amides is 1. The van der Waals surface area contributed by atoms with Crippen LogP contribution in [-0.4, -0.2) is 71.2 Å². The Hall–Kier alpha value is -2.44. The van der Waals surface area contributed by atoms with Crippen LogP contribution in [0.5, 0.6) is 5.88 Å². The zero-order valence-corrected chi connectivity index (χ0v) is 21.0. The average molecular weight is 478 g/mol. The van der Waals surface area contributed by atoms with E-state index in [1.807, 2.05) is 42.6 Å². The average Bonchev–Trinajstić information content (AvgIpc) is 3.52. The Labute approximate surface area is 209 Å². The molecule has 1 atom stereocenters.